The summed E-state index contributed by atoms with van der Waals surface area (Å²) in [6, 6.07) is 12.4. The summed E-state index contributed by atoms with van der Waals surface area (Å²) < 4.78 is 5.40. The molecule has 8 nitrogen and oxygen atoms in total. The highest BCUT2D eigenvalue weighted by molar-refractivity contribution is 5.72. The number of methoxy groups -OCH3 is 1. The Labute approximate surface area is 163 Å². The molecule has 1 saturated heterocycles. The monoisotopic (exact) mass is 377 g/mol. The van der Waals surface area contributed by atoms with Crippen LogP contribution in [0.15, 0.2) is 48.8 Å². The van der Waals surface area contributed by atoms with Crippen LogP contribution in [0.2, 0.25) is 0 Å². The molecule has 0 spiro atoms. The zero-order valence-corrected chi connectivity index (χ0v) is 15.7. The minimum atomic E-state index is 0.197. The van der Waals surface area contributed by atoms with Crippen molar-refractivity contribution in [3.05, 3.63) is 48.8 Å². The minimum Gasteiger partial charge on any atom is -0.481 e. The van der Waals surface area contributed by atoms with Crippen molar-refractivity contribution >= 4 is 23.1 Å². The molecule has 0 atom stereocenters. The van der Waals surface area contributed by atoms with E-state index in [4.69, 9.17) is 16.2 Å². The summed E-state index contributed by atoms with van der Waals surface area (Å²) in [7, 11) is 1.64. The van der Waals surface area contributed by atoms with Crippen LogP contribution >= 0.6 is 0 Å². The minimum absolute atomic E-state index is 0.197. The first-order valence-electron chi connectivity index (χ1n) is 9.13. The molecule has 1 aliphatic rings. The molecule has 1 aromatic carbocycles. The highest BCUT2D eigenvalue weighted by Crippen LogP contribution is 2.31. The molecule has 3 heterocycles. The number of ether oxygens (including phenoxy) is 1. The van der Waals surface area contributed by atoms with Gasteiger partial charge >= 0.3 is 0 Å². The van der Waals surface area contributed by atoms with E-state index >= 15 is 0 Å². The molecule has 0 saturated carbocycles. The van der Waals surface area contributed by atoms with E-state index in [1.54, 1.807) is 19.5 Å². The van der Waals surface area contributed by atoms with E-state index in [0.717, 1.165) is 43.0 Å². The van der Waals surface area contributed by atoms with Gasteiger partial charge in [0.2, 0.25) is 11.8 Å². The van der Waals surface area contributed by atoms with E-state index in [0.29, 0.717) is 11.7 Å². The number of hydrogen-bond acceptors (Lipinski definition) is 8. The third kappa shape index (κ3) is 3.48. The number of rotatable bonds is 4. The quantitative estimate of drug-likeness (QED) is 0.711. The summed E-state index contributed by atoms with van der Waals surface area (Å²) in [6.07, 6.45) is 3.43. The maximum absolute atomic E-state index is 6.01. The van der Waals surface area contributed by atoms with Gasteiger partial charge in [-0.25, -0.2) is 9.97 Å². The first-order chi connectivity index (χ1) is 13.7. The Morgan fingerprint density at radius 2 is 1.75 bits per heavy atom. The second kappa shape index (κ2) is 7.59. The lowest BCUT2D eigenvalue weighted by molar-refractivity contribution is 0.399. The molecular formula is C20H23N7O. The Kier molecular flexibility index (Phi) is 4.84. The molecular weight excluding hydrogens is 354 g/mol. The number of nitrogens with zero attached hydrogens (tertiary/aromatic N) is 5. The Balaban J connectivity index is 1.51. The maximum atomic E-state index is 6.01. The van der Waals surface area contributed by atoms with Crippen molar-refractivity contribution in [3.8, 4) is 17.0 Å². The van der Waals surface area contributed by atoms with Crippen molar-refractivity contribution in [2.24, 2.45) is 0 Å². The van der Waals surface area contributed by atoms with Crippen molar-refractivity contribution in [1.29, 1.82) is 0 Å². The third-order valence-corrected chi connectivity index (χ3v) is 4.92. The summed E-state index contributed by atoms with van der Waals surface area (Å²) in [4.78, 5) is 17.0. The van der Waals surface area contributed by atoms with E-state index in [9.17, 15) is 0 Å². The zero-order chi connectivity index (χ0) is 19.5. The maximum Gasteiger partial charge on any atom is 0.222 e. The van der Waals surface area contributed by atoms with Gasteiger partial charge in [-0.2, -0.15) is 4.98 Å². The van der Waals surface area contributed by atoms with E-state index in [2.05, 4.69) is 49.0 Å². The molecule has 0 aliphatic carbocycles. The molecule has 0 unspecified atom stereocenters. The highest BCUT2D eigenvalue weighted by atomic mass is 16.5. The summed E-state index contributed by atoms with van der Waals surface area (Å²) in [6.45, 7) is 3.41. The predicted octanol–water partition coefficient (Wildman–Crippen LogP) is 2.04. The van der Waals surface area contributed by atoms with Crippen molar-refractivity contribution in [2.45, 2.75) is 0 Å². The fraction of sp³-hybridized carbons (Fsp3) is 0.250. The Hall–Kier alpha value is -3.55. The van der Waals surface area contributed by atoms with Gasteiger partial charge in [-0.05, 0) is 29.8 Å². The average Bonchev–Trinajstić information content (AvgIpc) is 2.74. The van der Waals surface area contributed by atoms with Gasteiger partial charge in [-0.3, -0.25) is 0 Å². The molecule has 28 heavy (non-hydrogen) atoms. The Morgan fingerprint density at radius 3 is 2.50 bits per heavy atom. The van der Waals surface area contributed by atoms with E-state index in [-0.39, 0.29) is 5.95 Å². The topological polar surface area (TPSA) is 106 Å². The number of nitrogen functional groups attached to an aromatic ring is 2. The molecule has 144 valence electrons. The molecule has 1 aliphatic heterocycles. The Morgan fingerprint density at radius 1 is 0.964 bits per heavy atom. The van der Waals surface area contributed by atoms with Crippen LogP contribution in [0.1, 0.15) is 0 Å². The van der Waals surface area contributed by atoms with E-state index < -0.39 is 0 Å². The average molecular weight is 377 g/mol. The van der Waals surface area contributed by atoms with E-state index in [1.807, 2.05) is 12.1 Å². The zero-order valence-electron chi connectivity index (χ0n) is 15.7. The number of aromatic nitrogens is 3. The van der Waals surface area contributed by atoms with Gasteiger partial charge in [0.15, 0.2) is 5.82 Å². The van der Waals surface area contributed by atoms with Crippen LogP contribution in [0.4, 0.5) is 23.1 Å². The van der Waals surface area contributed by atoms with Gasteiger partial charge in [0.25, 0.3) is 0 Å². The van der Waals surface area contributed by atoms with Gasteiger partial charge in [0.05, 0.1) is 19.0 Å². The summed E-state index contributed by atoms with van der Waals surface area (Å²) in [5.74, 6) is 1.25. The number of pyridine rings is 1. The molecule has 0 amide bonds. The van der Waals surface area contributed by atoms with Gasteiger partial charge in [-0.1, -0.05) is 12.1 Å². The van der Waals surface area contributed by atoms with Crippen molar-refractivity contribution in [3.63, 3.8) is 0 Å². The molecule has 0 bridgehead atoms. The SMILES string of the molecule is COc1ncccc1-c1cccc(N2CCN(c3cnc(N)nc3N)CC2)c1. The standard InChI is InChI=1S/C20H23N7O/c1-28-19-16(6-3-7-23-19)14-4-2-5-15(12-14)26-8-10-27(11-9-26)17-13-24-20(22)25-18(17)21/h2-7,12-13H,8-11H2,1H3,(H4,21,22,24,25). The summed E-state index contributed by atoms with van der Waals surface area (Å²) >= 11 is 0. The highest BCUT2D eigenvalue weighted by Gasteiger charge is 2.20. The summed E-state index contributed by atoms with van der Waals surface area (Å²) in [5, 5.41) is 0. The third-order valence-electron chi connectivity index (χ3n) is 4.92. The van der Waals surface area contributed by atoms with Crippen molar-refractivity contribution in [2.75, 3.05) is 54.6 Å². The van der Waals surface area contributed by atoms with Crippen LogP contribution in [-0.4, -0.2) is 48.2 Å². The molecule has 8 heteroatoms. The van der Waals surface area contributed by atoms with Gasteiger partial charge in [0.1, 0.15) is 0 Å². The first kappa shape index (κ1) is 17.8. The van der Waals surface area contributed by atoms with Crippen LogP contribution in [0.3, 0.4) is 0 Å². The smallest absolute Gasteiger partial charge is 0.222 e. The van der Waals surface area contributed by atoms with Crippen molar-refractivity contribution < 1.29 is 4.74 Å². The fourth-order valence-corrected chi connectivity index (χ4v) is 3.50. The number of nitrogens with two attached hydrogens (primary N) is 2. The fourth-order valence-electron chi connectivity index (χ4n) is 3.50. The number of benzene rings is 1. The van der Waals surface area contributed by atoms with Crippen LogP contribution in [0.25, 0.3) is 11.1 Å². The molecule has 4 N–H and O–H groups in total. The molecule has 1 fully saturated rings. The number of anilines is 4. The number of piperazine rings is 1. The lowest BCUT2D eigenvalue weighted by atomic mass is 10.1. The van der Waals surface area contributed by atoms with Crippen molar-refractivity contribution in [1.82, 2.24) is 15.0 Å². The molecule has 0 radical (unpaired) electrons. The normalized spacial score (nSPS) is 14.2. The number of hydrogen-bond donors (Lipinski definition) is 2. The van der Waals surface area contributed by atoms with Gasteiger partial charge < -0.3 is 26.0 Å². The van der Waals surface area contributed by atoms with Crippen LogP contribution in [0, 0.1) is 0 Å². The lowest BCUT2D eigenvalue weighted by Gasteiger charge is -2.37. The second-order valence-corrected chi connectivity index (χ2v) is 6.58. The predicted molar refractivity (Wildman–Crippen MR) is 112 cm³/mol. The molecule has 2 aromatic heterocycles. The van der Waals surface area contributed by atoms with E-state index in [1.165, 1.54) is 5.69 Å². The molecule has 3 aromatic rings. The largest absolute Gasteiger partial charge is 0.481 e. The molecule has 4 rings (SSSR count). The van der Waals surface area contributed by atoms with Gasteiger partial charge in [0, 0.05) is 43.6 Å². The second-order valence-electron chi connectivity index (χ2n) is 6.58. The lowest BCUT2D eigenvalue weighted by Crippen LogP contribution is -2.46. The summed E-state index contributed by atoms with van der Waals surface area (Å²) in [5.41, 5.74) is 15.7. The Bertz CT molecular complexity index is 970. The first-order valence-corrected chi connectivity index (χ1v) is 9.13. The van der Waals surface area contributed by atoms with Crippen LogP contribution in [-0.2, 0) is 0 Å². The van der Waals surface area contributed by atoms with Crippen LogP contribution < -0.4 is 26.0 Å². The van der Waals surface area contributed by atoms with Gasteiger partial charge in [-0.15, -0.1) is 0 Å². The van der Waals surface area contributed by atoms with Crippen LogP contribution in [0.5, 0.6) is 5.88 Å².